The van der Waals surface area contributed by atoms with E-state index in [1.54, 1.807) is 19.1 Å². The molecule has 0 unspecified atom stereocenters. The van der Waals surface area contributed by atoms with Gasteiger partial charge >= 0.3 is 0 Å². The van der Waals surface area contributed by atoms with Gasteiger partial charge in [-0.1, -0.05) is 23.2 Å². The predicted molar refractivity (Wildman–Crippen MR) is 98.6 cm³/mol. The zero-order chi connectivity index (χ0) is 18.2. The third-order valence-corrected chi connectivity index (χ3v) is 7.03. The molecule has 1 aliphatic rings. The number of hydrogen-bond donors (Lipinski definition) is 0. The van der Waals surface area contributed by atoms with E-state index in [1.165, 1.54) is 28.6 Å². The van der Waals surface area contributed by atoms with Crippen LogP contribution in [0, 0.1) is 12.7 Å². The van der Waals surface area contributed by atoms with Crippen LogP contribution in [0.25, 0.3) is 0 Å². The highest BCUT2D eigenvalue weighted by Crippen LogP contribution is 2.31. The maximum absolute atomic E-state index is 13.0. The summed E-state index contributed by atoms with van der Waals surface area (Å²) >= 11 is 12.1. The van der Waals surface area contributed by atoms with E-state index < -0.39 is 10.0 Å². The molecule has 1 saturated heterocycles. The lowest BCUT2D eigenvalue weighted by molar-refractivity contribution is 0.385. The lowest BCUT2D eigenvalue weighted by Gasteiger charge is -2.35. The Balaban J connectivity index is 1.78. The lowest BCUT2D eigenvalue weighted by atomic mass is 10.2. The van der Waals surface area contributed by atoms with Crippen LogP contribution >= 0.6 is 23.2 Å². The molecule has 1 aliphatic heterocycles. The first-order valence-corrected chi connectivity index (χ1v) is 9.95. The minimum absolute atomic E-state index is 0.0753. The molecule has 8 heteroatoms. The standard InChI is InChI=1S/C17H17Cl2FN2O2S/c1-12-10-17(16(19)11-15(12)18)25(23,24)22-8-6-21(7-9-22)14-4-2-13(20)3-5-14/h2-5,10-11H,6-9H2,1H3. The molecule has 25 heavy (non-hydrogen) atoms. The van der Waals surface area contributed by atoms with Gasteiger partial charge in [0, 0.05) is 36.9 Å². The van der Waals surface area contributed by atoms with E-state index in [4.69, 9.17) is 23.2 Å². The maximum Gasteiger partial charge on any atom is 0.244 e. The molecule has 0 saturated carbocycles. The van der Waals surface area contributed by atoms with Crippen molar-refractivity contribution in [1.82, 2.24) is 4.31 Å². The maximum atomic E-state index is 13.0. The Morgan fingerprint density at radius 1 is 0.960 bits per heavy atom. The number of nitrogens with zero attached hydrogens (tertiary/aromatic N) is 2. The number of hydrogen-bond acceptors (Lipinski definition) is 3. The average Bonchev–Trinajstić information content (AvgIpc) is 2.59. The summed E-state index contributed by atoms with van der Waals surface area (Å²) in [7, 11) is -3.69. The van der Waals surface area contributed by atoms with Crippen molar-refractivity contribution in [3.05, 3.63) is 57.8 Å². The van der Waals surface area contributed by atoms with Crippen LogP contribution in [0.15, 0.2) is 41.3 Å². The van der Waals surface area contributed by atoms with E-state index in [2.05, 4.69) is 0 Å². The molecule has 0 aromatic heterocycles. The van der Waals surface area contributed by atoms with Crippen molar-refractivity contribution in [1.29, 1.82) is 0 Å². The van der Waals surface area contributed by atoms with Crippen molar-refractivity contribution in [2.24, 2.45) is 0 Å². The summed E-state index contributed by atoms with van der Waals surface area (Å²) in [4.78, 5) is 2.10. The topological polar surface area (TPSA) is 40.6 Å². The Bertz CT molecular complexity index is 880. The van der Waals surface area contributed by atoms with Crippen LogP contribution in [0.2, 0.25) is 10.0 Å². The first-order valence-electron chi connectivity index (χ1n) is 7.75. The summed E-state index contributed by atoms with van der Waals surface area (Å²) in [6.07, 6.45) is 0. The number of sulfonamides is 1. The van der Waals surface area contributed by atoms with E-state index in [0.29, 0.717) is 36.8 Å². The molecule has 0 aliphatic carbocycles. The molecule has 0 spiro atoms. The largest absolute Gasteiger partial charge is 0.369 e. The molecule has 0 atom stereocenters. The molecule has 4 nitrogen and oxygen atoms in total. The van der Waals surface area contributed by atoms with Crippen molar-refractivity contribution in [3.63, 3.8) is 0 Å². The second kappa shape index (κ2) is 7.11. The summed E-state index contributed by atoms with van der Waals surface area (Å²) in [6.45, 7) is 3.45. The van der Waals surface area contributed by atoms with Gasteiger partial charge in [0.2, 0.25) is 10.0 Å². The molecule has 2 aromatic rings. The summed E-state index contributed by atoms with van der Waals surface area (Å²) in [6, 6.07) is 9.15. The number of anilines is 1. The molecular weight excluding hydrogens is 386 g/mol. The normalized spacial score (nSPS) is 16.2. The zero-order valence-corrected chi connectivity index (χ0v) is 15.9. The highest BCUT2D eigenvalue weighted by atomic mass is 35.5. The quantitative estimate of drug-likeness (QED) is 0.779. The summed E-state index contributed by atoms with van der Waals surface area (Å²) in [5.41, 5.74) is 1.54. The Morgan fingerprint density at radius 3 is 2.16 bits per heavy atom. The number of piperazine rings is 1. The molecule has 0 bridgehead atoms. The Labute approximate surface area is 156 Å². The minimum atomic E-state index is -3.69. The van der Waals surface area contributed by atoms with Gasteiger partial charge in [0.15, 0.2) is 0 Å². The van der Waals surface area contributed by atoms with Gasteiger partial charge in [-0.15, -0.1) is 0 Å². The third-order valence-electron chi connectivity index (χ3n) is 4.26. The molecule has 3 rings (SSSR count). The minimum Gasteiger partial charge on any atom is -0.369 e. The van der Waals surface area contributed by atoms with Gasteiger partial charge in [-0.2, -0.15) is 4.31 Å². The number of aryl methyl sites for hydroxylation is 1. The summed E-state index contributed by atoms with van der Waals surface area (Å²) < 4.78 is 40.2. The van der Waals surface area contributed by atoms with E-state index in [9.17, 15) is 12.8 Å². The van der Waals surface area contributed by atoms with Crippen LogP contribution < -0.4 is 4.90 Å². The highest BCUT2D eigenvalue weighted by Gasteiger charge is 2.30. The van der Waals surface area contributed by atoms with Crippen LogP contribution in [0.3, 0.4) is 0 Å². The van der Waals surface area contributed by atoms with Crippen LogP contribution in [-0.4, -0.2) is 38.9 Å². The van der Waals surface area contributed by atoms with Gasteiger partial charge in [-0.05, 0) is 48.9 Å². The van der Waals surface area contributed by atoms with Gasteiger partial charge in [0.1, 0.15) is 10.7 Å². The molecule has 0 amide bonds. The van der Waals surface area contributed by atoms with Crippen molar-refractivity contribution in [2.45, 2.75) is 11.8 Å². The van der Waals surface area contributed by atoms with E-state index in [0.717, 1.165) is 5.69 Å². The molecule has 134 valence electrons. The van der Waals surface area contributed by atoms with E-state index in [1.807, 2.05) is 4.90 Å². The fourth-order valence-electron chi connectivity index (χ4n) is 2.81. The SMILES string of the molecule is Cc1cc(S(=O)(=O)N2CCN(c3ccc(F)cc3)CC2)c(Cl)cc1Cl. The highest BCUT2D eigenvalue weighted by molar-refractivity contribution is 7.89. The van der Waals surface area contributed by atoms with Crippen LogP contribution in [0.1, 0.15) is 5.56 Å². The molecular formula is C17H17Cl2FN2O2S. The van der Waals surface area contributed by atoms with Crippen molar-refractivity contribution < 1.29 is 12.8 Å². The molecule has 1 heterocycles. The van der Waals surface area contributed by atoms with Gasteiger partial charge in [0.25, 0.3) is 0 Å². The number of rotatable bonds is 3. The smallest absolute Gasteiger partial charge is 0.244 e. The molecule has 1 fully saturated rings. The predicted octanol–water partition coefficient (Wildman–Crippen LogP) is 3.95. The van der Waals surface area contributed by atoms with Gasteiger partial charge in [-0.3, -0.25) is 0 Å². The Hall–Kier alpha value is -1.34. The molecule has 0 N–H and O–H groups in total. The Kier molecular flexibility index (Phi) is 5.25. The van der Waals surface area contributed by atoms with Crippen LogP contribution in [0.4, 0.5) is 10.1 Å². The fraction of sp³-hybridized carbons (Fsp3) is 0.294. The van der Waals surface area contributed by atoms with Crippen molar-refractivity contribution in [2.75, 3.05) is 31.1 Å². The van der Waals surface area contributed by atoms with Gasteiger partial charge in [0.05, 0.1) is 5.02 Å². The van der Waals surface area contributed by atoms with Gasteiger partial charge in [-0.25, -0.2) is 12.8 Å². The second-order valence-electron chi connectivity index (χ2n) is 5.90. The fourth-order valence-corrected chi connectivity index (χ4v) is 5.03. The number of halogens is 3. The number of benzene rings is 2. The monoisotopic (exact) mass is 402 g/mol. The third kappa shape index (κ3) is 3.77. The first kappa shape index (κ1) is 18.5. The van der Waals surface area contributed by atoms with Crippen molar-refractivity contribution >= 4 is 38.9 Å². The zero-order valence-electron chi connectivity index (χ0n) is 13.5. The van der Waals surface area contributed by atoms with E-state index in [-0.39, 0.29) is 15.7 Å². The van der Waals surface area contributed by atoms with Crippen LogP contribution in [0.5, 0.6) is 0 Å². The van der Waals surface area contributed by atoms with E-state index >= 15 is 0 Å². The average molecular weight is 403 g/mol. The molecule has 2 aromatic carbocycles. The lowest BCUT2D eigenvalue weighted by Crippen LogP contribution is -2.48. The molecule has 0 radical (unpaired) electrons. The van der Waals surface area contributed by atoms with Gasteiger partial charge < -0.3 is 4.90 Å². The summed E-state index contributed by atoms with van der Waals surface area (Å²) in [5, 5.41) is 0.557. The second-order valence-corrected chi connectivity index (χ2v) is 8.62. The Morgan fingerprint density at radius 2 is 1.56 bits per heavy atom. The van der Waals surface area contributed by atoms with Crippen molar-refractivity contribution in [3.8, 4) is 0 Å². The summed E-state index contributed by atoms with van der Waals surface area (Å²) in [5.74, 6) is -0.294. The first-order chi connectivity index (χ1) is 11.8. The van der Waals surface area contributed by atoms with Crippen LogP contribution in [-0.2, 0) is 10.0 Å².